The maximum Gasteiger partial charge on any atom is 0.313 e. The highest BCUT2D eigenvalue weighted by Crippen LogP contribution is 2.34. The molecule has 0 fully saturated rings. The highest BCUT2D eigenvalue weighted by atomic mass is 16.5. The van der Waals surface area contributed by atoms with Crippen LogP contribution in [-0.4, -0.2) is 26.3 Å². The molecule has 1 aromatic rings. The van der Waals surface area contributed by atoms with Gasteiger partial charge in [-0.25, -0.2) is 0 Å². The van der Waals surface area contributed by atoms with Crippen molar-refractivity contribution in [3.63, 3.8) is 0 Å². The number of esters is 1. The molecule has 1 unspecified atom stereocenters. The molecule has 0 amide bonds. The average molecular weight is 264 g/mol. The highest BCUT2D eigenvalue weighted by molar-refractivity contribution is 5.78. The van der Waals surface area contributed by atoms with Crippen LogP contribution in [0.15, 0.2) is 18.2 Å². The van der Waals surface area contributed by atoms with Gasteiger partial charge in [0.2, 0.25) is 0 Å². The van der Waals surface area contributed by atoms with E-state index >= 15 is 0 Å². The number of ether oxygens (including phenoxy) is 3. The molecule has 0 aliphatic carbocycles. The van der Waals surface area contributed by atoms with Crippen LogP contribution in [-0.2, 0) is 9.53 Å². The summed E-state index contributed by atoms with van der Waals surface area (Å²) in [7, 11) is 1.42. The van der Waals surface area contributed by atoms with Crippen LogP contribution in [0.4, 0.5) is 0 Å². The van der Waals surface area contributed by atoms with Gasteiger partial charge in [-0.05, 0) is 24.1 Å². The SMILES string of the molecule is CCCC(C(=O)OC)c1ccc2c(c1)OCCCO2. The van der Waals surface area contributed by atoms with Gasteiger partial charge < -0.3 is 14.2 Å². The van der Waals surface area contributed by atoms with Gasteiger partial charge in [0, 0.05) is 6.42 Å². The molecule has 1 aliphatic rings. The van der Waals surface area contributed by atoms with Gasteiger partial charge in [0.05, 0.1) is 26.2 Å². The molecule has 1 aromatic carbocycles. The van der Waals surface area contributed by atoms with Crippen molar-refractivity contribution >= 4 is 5.97 Å². The molecular formula is C15H20O4. The van der Waals surface area contributed by atoms with Crippen molar-refractivity contribution < 1.29 is 19.0 Å². The van der Waals surface area contributed by atoms with Crippen LogP contribution in [0, 0.1) is 0 Å². The standard InChI is InChI=1S/C15H20O4/c1-3-5-12(15(16)17-2)11-6-7-13-14(10-11)19-9-4-8-18-13/h6-7,10,12H,3-5,8-9H2,1-2H3. The van der Waals surface area contributed by atoms with E-state index in [9.17, 15) is 4.79 Å². The average Bonchev–Trinajstić information content (AvgIpc) is 2.68. The van der Waals surface area contributed by atoms with E-state index in [1.807, 2.05) is 18.2 Å². The Morgan fingerprint density at radius 3 is 2.74 bits per heavy atom. The van der Waals surface area contributed by atoms with Crippen molar-refractivity contribution in [1.82, 2.24) is 0 Å². The fourth-order valence-corrected chi connectivity index (χ4v) is 2.25. The number of fused-ring (bicyclic) bond motifs is 1. The number of benzene rings is 1. The number of methoxy groups -OCH3 is 1. The van der Waals surface area contributed by atoms with E-state index in [-0.39, 0.29) is 11.9 Å². The van der Waals surface area contributed by atoms with Crippen molar-refractivity contribution in [3.8, 4) is 11.5 Å². The zero-order valence-corrected chi connectivity index (χ0v) is 11.5. The second kappa shape index (κ2) is 6.45. The molecule has 1 aliphatic heterocycles. The second-order valence-electron chi connectivity index (χ2n) is 4.62. The van der Waals surface area contributed by atoms with Gasteiger partial charge in [-0.3, -0.25) is 4.79 Å². The lowest BCUT2D eigenvalue weighted by atomic mass is 9.94. The van der Waals surface area contributed by atoms with E-state index in [1.165, 1.54) is 7.11 Å². The summed E-state index contributed by atoms with van der Waals surface area (Å²) < 4.78 is 16.1. The van der Waals surface area contributed by atoms with Crippen LogP contribution < -0.4 is 9.47 Å². The first-order valence-corrected chi connectivity index (χ1v) is 6.73. The van der Waals surface area contributed by atoms with Gasteiger partial charge in [0.15, 0.2) is 11.5 Å². The third-order valence-corrected chi connectivity index (χ3v) is 3.24. The molecule has 0 radical (unpaired) electrons. The first-order valence-electron chi connectivity index (χ1n) is 6.73. The Bertz CT molecular complexity index is 442. The molecule has 0 N–H and O–H groups in total. The fraction of sp³-hybridized carbons (Fsp3) is 0.533. The van der Waals surface area contributed by atoms with E-state index in [0.717, 1.165) is 36.3 Å². The molecule has 0 aromatic heterocycles. The molecule has 104 valence electrons. The summed E-state index contributed by atoms with van der Waals surface area (Å²) in [4.78, 5) is 11.8. The van der Waals surface area contributed by atoms with Gasteiger partial charge in [0.1, 0.15) is 0 Å². The molecule has 0 spiro atoms. The van der Waals surface area contributed by atoms with Crippen molar-refractivity contribution in [3.05, 3.63) is 23.8 Å². The molecule has 4 nitrogen and oxygen atoms in total. The maximum atomic E-state index is 11.8. The van der Waals surface area contributed by atoms with Gasteiger partial charge >= 0.3 is 5.97 Å². The van der Waals surface area contributed by atoms with E-state index in [0.29, 0.717) is 13.2 Å². The molecule has 19 heavy (non-hydrogen) atoms. The van der Waals surface area contributed by atoms with Crippen LogP contribution >= 0.6 is 0 Å². The van der Waals surface area contributed by atoms with Crippen LogP contribution in [0.25, 0.3) is 0 Å². The number of carbonyl (C=O) groups excluding carboxylic acids is 1. The van der Waals surface area contributed by atoms with Gasteiger partial charge in [-0.2, -0.15) is 0 Å². The van der Waals surface area contributed by atoms with E-state index in [2.05, 4.69) is 6.92 Å². The van der Waals surface area contributed by atoms with Gasteiger partial charge in [-0.15, -0.1) is 0 Å². The van der Waals surface area contributed by atoms with Crippen LogP contribution in [0.1, 0.15) is 37.7 Å². The molecular weight excluding hydrogens is 244 g/mol. The Morgan fingerprint density at radius 1 is 1.32 bits per heavy atom. The van der Waals surface area contributed by atoms with Crippen LogP contribution in [0.5, 0.6) is 11.5 Å². The summed E-state index contributed by atoms with van der Waals surface area (Å²) >= 11 is 0. The predicted octanol–water partition coefficient (Wildman–Crippen LogP) is 2.90. The van der Waals surface area contributed by atoms with Crippen molar-refractivity contribution in [2.24, 2.45) is 0 Å². The number of carbonyl (C=O) groups is 1. The zero-order chi connectivity index (χ0) is 13.7. The maximum absolute atomic E-state index is 11.8. The third kappa shape index (κ3) is 3.19. The molecule has 0 saturated carbocycles. The van der Waals surface area contributed by atoms with Gasteiger partial charge in [0.25, 0.3) is 0 Å². The molecule has 1 atom stereocenters. The summed E-state index contributed by atoms with van der Waals surface area (Å²) in [5.74, 6) is 1.05. The Morgan fingerprint density at radius 2 is 2.05 bits per heavy atom. The summed E-state index contributed by atoms with van der Waals surface area (Å²) in [5.41, 5.74) is 0.929. The third-order valence-electron chi connectivity index (χ3n) is 3.24. The van der Waals surface area contributed by atoms with Crippen LogP contribution in [0.3, 0.4) is 0 Å². The van der Waals surface area contributed by atoms with Crippen molar-refractivity contribution in [2.45, 2.75) is 32.1 Å². The highest BCUT2D eigenvalue weighted by Gasteiger charge is 2.22. The molecule has 0 saturated heterocycles. The first-order chi connectivity index (χ1) is 9.26. The number of hydrogen-bond acceptors (Lipinski definition) is 4. The van der Waals surface area contributed by atoms with Gasteiger partial charge in [-0.1, -0.05) is 19.4 Å². The zero-order valence-electron chi connectivity index (χ0n) is 11.5. The topological polar surface area (TPSA) is 44.8 Å². The Labute approximate surface area is 113 Å². The molecule has 4 heteroatoms. The van der Waals surface area contributed by atoms with Crippen molar-refractivity contribution in [2.75, 3.05) is 20.3 Å². The molecule has 2 rings (SSSR count). The van der Waals surface area contributed by atoms with E-state index in [4.69, 9.17) is 14.2 Å². The number of hydrogen-bond donors (Lipinski definition) is 0. The summed E-state index contributed by atoms with van der Waals surface area (Å²) in [5, 5.41) is 0. The largest absolute Gasteiger partial charge is 0.490 e. The normalized spacial score (nSPS) is 15.5. The second-order valence-corrected chi connectivity index (χ2v) is 4.62. The first kappa shape index (κ1) is 13.7. The minimum Gasteiger partial charge on any atom is -0.490 e. The fourth-order valence-electron chi connectivity index (χ4n) is 2.25. The number of rotatable bonds is 4. The molecule has 1 heterocycles. The van der Waals surface area contributed by atoms with Crippen molar-refractivity contribution in [1.29, 1.82) is 0 Å². The quantitative estimate of drug-likeness (QED) is 0.784. The summed E-state index contributed by atoms with van der Waals surface area (Å²) in [6.07, 6.45) is 2.57. The Balaban J connectivity index is 2.27. The van der Waals surface area contributed by atoms with E-state index in [1.54, 1.807) is 0 Å². The smallest absolute Gasteiger partial charge is 0.313 e. The van der Waals surface area contributed by atoms with Crippen LogP contribution in [0.2, 0.25) is 0 Å². The lowest BCUT2D eigenvalue weighted by Crippen LogP contribution is -2.14. The Hall–Kier alpha value is -1.71. The predicted molar refractivity (Wildman–Crippen MR) is 71.7 cm³/mol. The monoisotopic (exact) mass is 264 g/mol. The lowest BCUT2D eigenvalue weighted by molar-refractivity contribution is -0.142. The lowest BCUT2D eigenvalue weighted by Gasteiger charge is -2.16. The molecule has 0 bridgehead atoms. The minimum absolute atomic E-state index is 0.198. The minimum atomic E-state index is -0.229. The summed E-state index contributed by atoms with van der Waals surface area (Å²) in [6, 6.07) is 5.70. The Kier molecular flexibility index (Phi) is 4.66. The van der Waals surface area contributed by atoms with E-state index < -0.39 is 0 Å². The summed E-state index contributed by atoms with van der Waals surface area (Å²) in [6.45, 7) is 3.37.